The third-order valence-corrected chi connectivity index (χ3v) is 4.43. The topological polar surface area (TPSA) is 117 Å². The Labute approximate surface area is 143 Å². The summed E-state index contributed by atoms with van der Waals surface area (Å²) in [4.78, 5) is 11.1. The summed E-state index contributed by atoms with van der Waals surface area (Å²) in [7, 11) is 0.237. The molecule has 0 amide bonds. The number of aliphatic carboxylic acids is 1. The highest BCUT2D eigenvalue weighted by molar-refractivity contribution is 7.90. The van der Waals surface area contributed by atoms with Crippen molar-refractivity contribution in [2.45, 2.75) is 25.1 Å². The van der Waals surface area contributed by atoms with Gasteiger partial charge in [-0.05, 0) is 26.4 Å². The second-order valence-corrected chi connectivity index (χ2v) is 6.94. The Morgan fingerprint density at radius 3 is 2.44 bits per heavy atom. The van der Waals surface area contributed by atoms with Gasteiger partial charge in [-0.1, -0.05) is 0 Å². The van der Waals surface area contributed by atoms with Crippen molar-refractivity contribution in [2.75, 3.05) is 24.9 Å². The fraction of sp³-hybridized carbons (Fsp3) is 0.667. The van der Waals surface area contributed by atoms with E-state index in [1.165, 1.54) is 6.20 Å². The largest absolute Gasteiger partial charge is 0.490 e. The molecule has 1 aliphatic rings. The summed E-state index contributed by atoms with van der Waals surface area (Å²) in [6.07, 6.45) is 0.159. The molecule has 0 aromatic carbocycles. The van der Waals surface area contributed by atoms with Crippen LogP contribution in [0.15, 0.2) is 12.4 Å². The van der Waals surface area contributed by atoms with Gasteiger partial charge in [0.05, 0.1) is 11.9 Å². The first-order chi connectivity index (χ1) is 11.4. The maximum Gasteiger partial charge on any atom is 0.490 e. The molecule has 9 nitrogen and oxygen atoms in total. The third-order valence-electron chi connectivity index (χ3n) is 3.38. The number of nitrogens with zero attached hydrogens (tertiary/aromatic N) is 3. The van der Waals surface area contributed by atoms with E-state index in [1.807, 2.05) is 7.05 Å². The number of rotatable bonds is 5. The molecule has 3 N–H and O–H groups in total. The van der Waals surface area contributed by atoms with Crippen molar-refractivity contribution in [2.24, 2.45) is 7.05 Å². The zero-order valence-electron chi connectivity index (χ0n) is 13.6. The van der Waals surface area contributed by atoms with E-state index in [0.717, 1.165) is 19.4 Å². The number of carboxylic acids is 1. The second kappa shape index (κ2) is 8.49. The molecule has 0 bridgehead atoms. The summed E-state index contributed by atoms with van der Waals surface area (Å²) in [6.45, 7) is 1.47. The number of carbonyl (C=O) groups is 1. The quantitative estimate of drug-likeness (QED) is 0.673. The van der Waals surface area contributed by atoms with Gasteiger partial charge >= 0.3 is 12.1 Å². The molecule has 2 heterocycles. The monoisotopic (exact) mass is 387 g/mol. The number of aromatic nitrogens is 2. The van der Waals surface area contributed by atoms with Crippen LogP contribution in [0.1, 0.15) is 12.8 Å². The number of halogens is 3. The van der Waals surface area contributed by atoms with Crippen molar-refractivity contribution < 1.29 is 31.5 Å². The van der Waals surface area contributed by atoms with Crippen molar-refractivity contribution in [1.29, 1.82) is 0 Å². The average molecular weight is 387 g/mol. The summed E-state index contributed by atoms with van der Waals surface area (Å²) < 4.78 is 61.9. The number of alkyl halides is 3. The second-order valence-electron chi connectivity index (χ2n) is 5.44. The van der Waals surface area contributed by atoms with Gasteiger partial charge in [-0.2, -0.15) is 31.4 Å². The molecule has 1 atom stereocenters. The fourth-order valence-corrected chi connectivity index (χ4v) is 3.01. The van der Waals surface area contributed by atoms with Crippen LogP contribution in [-0.2, 0) is 22.1 Å². The zero-order valence-corrected chi connectivity index (χ0v) is 14.4. The summed E-state index contributed by atoms with van der Waals surface area (Å²) in [5, 5.41) is 11.0. The fourth-order valence-electron chi connectivity index (χ4n) is 2.11. The number of hydrogen-bond acceptors (Lipinski definition) is 5. The highest BCUT2D eigenvalue weighted by atomic mass is 32.2. The Bertz CT molecular complexity index is 677. The predicted molar refractivity (Wildman–Crippen MR) is 83.1 cm³/mol. The van der Waals surface area contributed by atoms with Crippen LogP contribution in [0.2, 0.25) is 0 Å². The van der Waals surface area contributed by atoms with Crippen LogP contribution in [0.4, 0.5) is 18.9 Å². The molecule has 0 radical (unpaired) electrons. The van der Waals surface area contributed by atoms with Crippen molar-refractivity contribution in [1.82, 2.24) is 19.4 Å². The van der Waals surface area contributed by atoms with E-state index in [0.29, 0.717) is 12.2 Å². The summed E-state index contributed by atoms with van der Waals surface area (Å²) in [5.74, 6) is -2.76. The molecule has 0 saturated carbocycles. The number of aryl methyl sites for hydroxylation is 1. The summed E-state index contributed by atoms with van der Waals surface area (Å²) in [5.41, 5.74) is 0.463. The lowest BCUT2D eigenvalue weighted by molar-refractivity contribution is -0.192. The number of anilines is 1. The number of nitrogens with one attached hydrogen (secondary N) is 2. The van der Waals surface area contributed by atoms with Crippen LogP contribution < -0.4 is 9.44 Å². The molecule has 25 heavy (non-hydrogen) atoms. The molecule has 144 valence electrons. The highest BCUT2D eigenvalue weighted by Crippen LogP contribution is 2.14. The SMILES string of the molecule is CN1CCC[C@H]1CNS(=O)(=O)Nc1cnn(C)c1.O=C(O)C(F)(F)F. The van der Waals surface area contributed by atoms with Gasteiger partial charge in [0, 0.05) is 25.8 Å². The number of carboxylic acid groups (broad SMARTS) is 1. The van der Waals surface area contributed by atoms with Crippen LogP contribution in [0.5, 0.6) is 0 Å². The van der Waals surface area contributed by atoms with Gasteiger partial charge in [-0.3, -0.25) is 9.40 Å². The van der Waals surface area contributed by atoms with Gasteiger partial charge in [-0.15, -0.1) is 0 Å². The first-order valence-electron chi connectivity index (χ1n) is 7.17. The maximum atomic E-state index is 11.8. The summed E-state index contributed by atoms with van der Waals surface area (Å²) >= 11 is 0. The van der Waals surface area contributed by atoms with Crippen molar-refractivity contribution in [3.8, 4) is 0 Å². The van der Waals surface area contributed by atoms with Crippen LogP contribution >= 0.6 is 0 Å². The first-order valence-corrected chi connectivity index (χ1v) is 8.65. The van der Waals surface area contributed by atoms with Crippen LogP contribution in [0, 0.1) is 0 Å². The Balaban J connectivity index is 0.000000381. The molecule has 1 aromatic rings. The molecule has 2 rings (SSSR count). The zero-order chi connectivity index (χ0) is 19.3. The minimum Gasteiger partial charge on any atom is -0.475 e. The van der Waals surface area contributed by atoms with Crippen molar-refractivity contribution in [3.05, 3.63) is 12.4 Å². The van der Waals surface area contributed by atoms with E-state index in [1.54, 1.807) is 17.9 Å². The molecule has 0 spiro atoms. The Morgan fingerprint density at radius 2 is 2.04 bits per heavy atom. The van der Waals surface area contributed by atoms with E-state index >= 15 is 0 Å². The molecule has 0 unspecified atom stereocenters. The molecule has 13 heteroatoms. The standard InChI is InChI=1S/C10H19N5O2S.C2HF3O2/c1-14-5-3-4-10(14)7-12-18(16,17)13-9-6-11-15(2)8-9;3-2(4,5)1(6)7/h6,8,10,12-13H,3-5,7H2,1-2H3;(H,6,7)/t10-;/m0./s1. The maximum absolute atomic E-state index is 11.8. The third kappa shape index (κ3) is 7.70. The highest BCUT2D eigenvalue weighted by Gasteiger charge is 2.38. The van der Waals surface area contributed by atoms with Crippen LogP contribution in [0.3, 0.4) is 0 Å². The Hall–Kier alpha value is -1.86. The van der Waals surface area contributed by atoms with E-state index in [2.05, 4.69) is 19.4 Å². The lowest BCUT2D eigenvalue weighted by atomic mass is 10.2. The van der Waals surface area contributed by atoms with Gasteiger partial charge in [-0.25, -0.2) is 4.79 Å². The Kier molecular flexibility index (Phi) is 7.19. The van der Waals surface area contributed by atoms with Crippen LogP contribution in [0.25, 0.3) is 0 Å². The van der Waals surface area contributed by atoms with E-state index in [4.69, 9.17) is 9.90 Å². The van der Waals surface area contributed by atoms with Gasteiger partial charge in [0.15, 0.2) is 0 Å². The number of likely N-dealkylation sites (tertiary alicyclic amines) is 1. The lowest BCUT2D eigenvalue weighted by Crippen LogP contribution is -2.40. The number of hydrogen-bond donors (Lipinski definition) is 3. The molecule has 1 aliphatic heterocycles. The average Bonchev–Trinajstić information content (AvgIpc) is 3.04. The molecular weight excluding hydrogens is 367 g/mol. The van der Waals surface area contributed by atoms with Gasteiger partial charge < -0.3 is 10.0 Å². The Morgan fingerprint density at radius 1 is 1.44 bits per heavy atom. The van der Waals surface area contributed by atoms with E-state index in [-0.39, 0.29) is 6.04 Å². The van der Waals surface area contributed by atoms with Gasteiger partial charge in [0.25, 0.3) is 10.2 Å². The van der Waals surface area contributed by atoms with Gasteiger partial charge in [0.1, 0.15) is 0 Å². The summed E-state index contributed by atoms with van der Waals surface area (Å²) in [6, 6.07) is 0.287. The normalized spacial score (nSPS) is 18.5. The molecule has 1 aromatic heterocycles. The number of likely N-dealkylation sites (N-methyl/N-ethyl adjacent to an activating group) is 1. The van der Waals surface area contributed by atoms with Gasteiger partial charge in [0.2, 0.25) is 0 Å². The van der Waals surface area contributed by atoms with E-state index in [9.17, 15) is 21.6 Å². The molecule has 1 saturated heterocycles. The smallest absolute Gasteiger partial charge is 0.475 e. The minimum absolute atomic E-state index is 0.287. The molecular formula is C12H20F3N5O4S. The predicted octanol–water partition coefficient (Wildman–Crippen LogP) is 0.394. The first kappa shape index (κ1) is 21.2. The van der Waals surface area contributed by atoms with Crippen molar-refractivity contribution >= 4 is 21.9 Å². The van der Waals surface area contributed by atoms with E-state index < -0.39 is 22.4 Å². The molecule has 1 fully saturated rings. The molecule has 0 aliphatic carbocycles. The minimum atomic E-state index is -5.08. The lowest BCUT2D eigenvalue weighted by Gasteiger charge is -2.19. The van der Waals surface area contributed by atoms with Crippen LogP contribution in [-0.4, -0.2) is 66.5 Å². The van der Waals surface area contributed by atoms with Crippen molar-refractivity contribution in [3.63, 3.8) is 0 Å².